The summed E-state index contributed by atoms with van der Waals surface area (Å²) < 4.78 is 42.8. The molecule has 0 spiro atoms. The van der Waals surface area contributed by atoms with E-state index in [9.17, 15) is 13.2 Å². The molecule has 0 heterocycles. The SMILES string of the molecule is COc1cc(OC)c(OC)cc1CNC(=O)CN(C)S(=O)(=O)c1ccc(Br)cc1. The van der Waals surface area contributed by atoms with Gasteiger partial charge in [-0.1, -0.05) is 15.9 Å². The summed E-state index contributed by atoms with van der Waals surface area (Å²) in [5.74, 6) is 1.05. The van der Waals surface area contributed by atoms with Gasteiger partial charge in [0.05, 0.1) is 32.8 Å². The Kier molecular flexibility index (Phi) is 7.88. The molecule has 10 heteroatoms. The molecule has 1 amide bonds. The largest absolute Gasteiger partial charge is 0.496 e. The van der Waals surface area contributed by atoms with E-state index in [0.717, 1.165) is 8.78 Å². The fourth-order valence-electron chi connectivity index (χ4n) is 2.55. The lowest BCUT2D eigenvalue weighted by molar-refractivity contribution is -0.121. The van der Waals surface area contributed by atoms with Crippen LogP contribution < -0.4 is 19.5 Å². The second kappa shape index (κ2) is 9.95. The first kappa shape index (κ1) is 23.0. The molecule has 2 aromatic rings. The van der Waals surface area contributed by atoms with Crippen molar-refractivity contribution >= 4 is 31.9 Å². The number of benzene rings is 2. The molecule has 8 nitrogen and oxygen atoms in total. The van der Waals surface area contributed by atoms with E-state index >= 15 is 0 Å². The van der Waals surface area contributed by atoms with Crippen molar-refractivity contribution in [2.24, 2.45) is 0 Å². The van der Waals surface area contributed by atoms with Gasteiger partial charge in [0.1, 0.15) is 5.75 Å². The molecular weight excluding hydrogens is 464 g/mol. The number of carbonyl (C=O) groups excluding carboxylic acids is 1. The first-order valence-electron chi connectivity index (χ1n) is 8.50. The average Bonchev–Trinajstić information content (AvgIpc) is 2.71. The predicted octanol–water partition coefficient (Wildman–Crippen LogP) is 2.41. The maximum atomic E-state index is 12.6. The maximum Gasteiger partial charge on any atom is 0.243 e. The number of methoxy groups -OCH3 is 3. The molecule has 0 atom stereocenters. The van der Waals surface area contributed by atoms with Gasteiger partial charge in [0.15, 0.2) is 11.5 Å². The first-order chi connectivity index (χ1) is 13.7. The second-order valence-electron chi connectivity index (χ2n) is 6.01. The Balaban J connectivity index is 2.07. The summed E-state index contributed by atoms with van der Waals surface area (Å²) >= 11 is 3.26. The third-order valence-electron chi connectivity index (χ3n) is 4.15. The van der Waals surface area contributed by atoms with Crippen LogP contribution in [-0.2, 0) is 21.4 Å². The van der Waals surface area contributed by atoms with E-state index in [1.807, 2.05) is 0 Å². The summed E-state index contributed by atoms with van der Waals surface area (Å²) in [4.78, 5) is 12.4. The van der Waals surface area contributed by atoms with Crippen LogP contribution in [0.25, 0.3) is 0 Å². The molecule has 0 aromatic heterocycles. The highest BCUT2D eigenvalue weighted by Gasteiger charge is 2.23. The van der Waals surface area contributed by atoms with E-state index in [2.05, 4.69) is 21.2 Å². The van der Waals surface area contributed by atoms with Crippen LogP contribution in [0.1, 0.15) is 5.56 Å². The Morgan fingerprint density at radius 1 is 1.00 bits per heavy atom. The zero-order valence-corrected chi connectivity index (χ0v) is 19.0. The van der Waals surface area contributed by atoms with Gasteiger partial charge in [0.25, 0.3) is 0 Å². The molecule has 2 aromatic carbocycles. The number of amides is 1. The summed E-state index contributed by atoms with van der Waals surface area (Å²) in [6, 6.07) is 9.56. The lowest BCUT2D eigenvalue weighted by Gasteiger charge is -2.18. The Morgan fingerprint density at radius 3 is 2.10 bits per heavy atom. The smallest absolute Gasteiger partial charge is 0.243 e. The van der Waals surface area contributed by atoms with Crippen LogP contribution in [0.2, 0.25) is 0 Å². The van der Waals surface area contributed by atoms with E-state index in [-0.39, 0.29) is 18.0 Å². The number of sulfonamides is 1. The normalized spacial score (nSPS) is 11.2. The van der Waals surface area contributed by atoms with Crippen molar-refractivity contribution < 1.29 is 27.4 Å². The number of hydrogen-bond donors (Lipinski definition) is 1. The molecule has 0 aliphatic heterocycles. The van der Waals surface area contributed by atoms with Gasteiger partial charge in [-0.05, 0) is 30.3 Å². The molecule has 158 valence electrons. The first-order valence-corrected chi connectivity index (χ1v) is 10.7. The minimum absolute atomic E-state index is 0.109. The van der Waals surface area contributed by atoms with Crippen molar-refractivity contribution in [3.05, 3.63) is 46.4 Å². The monoisotopic (exact) mass is 486 g/mol. The topological polar surface area (TPSA) is 94.2 Å². The van der Waals surface area contributed by atoms with Gasteiger partial charge in [0, 0.05) is 29.7 Å². The quantitative estimate of drug-likeness (QED) is 0.584. The summed E-state index contributed by atoms with van der Waals surface area (Å²) in [6.45, 7) is -0.192. The fraction of sp³-hybridized carbons (Fsp3) is 0.316. The number of nitrogens with zero attached hydrogens (tertiary/aromatic N) is 1. The molecule has 0 aliphatic rings. The number of nitrogens with one attached hydrogen (secondary N) is 1. The summed E-state index contributed by atoms with van der Waals surface area (Å²) in [7, 11) is 2.11. The third kappa shape index (κ3) is 5.62. The molecule has 0 fully saturated rings. The molecule has 29 heavy (non-hydrogen) atoms. The number of carbonyl (C=O) groups is 1. The molecular formula is C19H23BrN2O6S. The van der Waals surface area contributed by atoms with Crippen molar-refractivity contribution in [3.8, 4) is 17.2 Å². The van der Waals surface area contributed by atoms with Crippen LogP contribution in [0.15, 0.2) is 45.8 Å². The Hall–Kier alpha value is -2.30. The Bertz CT molecular complexity index is 963. The number of halogens is 1. The van der Waals surface area contributed by atoms with Crippen LogP contribution >= 0.6 is 15.9 Å². The van der Waals surface area contributed by atoms with Gasteiger partial charge in [-0.3, -0.25) is 4.79 Å². The molecule has 0 saturated carbocycles. The summed E-state index contributed by atoms with van der Waals surface area (Å²) in [5.41, 5.74) is 0.664. The Labute approximate surface area is 178 Å². The third-order valence-corrected chi connectivity index (χ3v) is 6.50. The van der Waals surface area contributed by atoms with Crippen molar-refractivity contribution in [1.82, 2.24) is 9.62 Å². The number of hydrogen-bond acceptors (Lipinski definition) is 6. The van der Waals surface area contributed by atoms with Crippen molar-refractivity contribution in [2.75, 3.05) is 34.9 Å². The lowest BCUT2D eigenvalue weighted by atomic mass is 10.1. The van der Waals surface area contributed by atoms with Crippen molar-refractivity contribution in [3.63, 3.8) is 0 Å². The van der Waals surface area contributed by atoms with Crippen molar-refractivity contribution in [1.29, 1.82) is 0 Å². The molecule has 0 aliphatic carbocycles. The van der Waals surface area contributed by atoms with E-state index in [0.29, 0.717) is 22.8 Å². The van der Waals surface area contributed by atoms with Crippen LogP contribution in [0.4, 0.5) is 0 Å². The number of ether oxygens (including phenoxy) is 3. The minimum atomic E-state index is -3.78. The summed E-state index contributed by atoms with van der Waals surface area (Å²) in [6.07, 6.45) is 0. The molecule has 0 saturated heterocycles. The van der Waals surface area contributed by atoms with Crippen molar-refractivity contribution in [2.45, 2.75) is 11.4 Å². The average molecular weight is 487 g/mol. The highest BCUT2D eigenvalue weighted by Crippen LogP contribution is 2.34. The van der Waals surface area contributed by atoms with E-state index in [1.54, 1.807) is 24.3 Å². The highest BCUT2D eigenvalue weighted by molar-refractivity contribution is 9.10. The minimum Gasteiger partial charge on any atom is -0.496 e. The van der Waals surface area contributed by atoms with Gasteiger partial charge < -0.3 is 19.5 Å². The van der Waals surface area contributed by atoms with E-state index in [4.69, 9.17) is 14.2 Å². The van der Waals surface area contributed by atoms with Crippen LogP contribution in [0.5, 0.6) is 17.2 Å². The van der Waals surface area contributed by atoms with Gasteiger partial charge >= 0.3 is 0 Å². The Morgan fingerprint density at radius 2 is 1.55 bits per heavy atom. The molecule has 0 radical (unpaired) electrons. The van der Waals surface area contributed by atoms with Gasteiger partial charge in [-0.25, -0.2) is 8.42 Å². The van der Waals surface area contributed by atoms with Crippen LogP contribution in [-0.4, -0.2) is 53.6 Å². The zero-order chi connectivity index (χ0) is 21.6. The highest BCUT2D eigenvalue weighted by atomic mass is 79.9. The molecule has 0 bridgehead atoms. The van der Waals surface area contributed by atoms with Gasteiger partial charge in [0.2, 0.25) is 15.9 Å². The molecule has 0 unspecified atom stereocenters. The summed E-state index contributed by atoms with van der Waals surface area (Å²) in [5, 5.41) is 2.70. The molecule has 2 rings (SSSR count). The van der Waals surface area contributed by atoms with E-state index < -0.39 is 15.9 Å². The maximum absolute atomic E-state index is 12.6. The second-order valence-corrected chi connectivity index (χ2v) is 8.97. The standard InChI is InChI=1S/C19H23BrN2O6S/c1-22(29(24,25)15-7-5-14(20)6-8-15)12-19(23)21-11-13-9-17(27-3)18(28-4)10-16(13)26-2/h5-10H,11-12H2,1-4H3,(H,21,23). The molecule has 1 N–H and O–H groups in total. The van der Waals surface area contributed by atoms with Crippen LogP contribution in [0, 0.1) is 0 Å². The van der Waals surface area contributed by atoms with Crippen LogP contribution in [0.3, 0.4) is 0 Å². The van der Waals surface area contributed by atoms with Gasteiger partial charge in [-0.15, -0.1) is 0 Å². The van der Waals surface area contributed by atoms with Gasteiger partial charge in [-0.2, -0.15) is 4.31 Å². The number of likely N-dealkylation sites (N-methyl/N-ethyl adjacent to an activating group) is 1. The number of rotatable bonds is 9. The predicted molar refractivity (Wildman–Crippen MR) is 112 cm³/mol. The zero-order valence-electron chi connectivity index (χ0n) is 16.6. The van der Waals surface area contributed by atoms with E-state index in [1.165, 1.54) is 40.5 Å². The fourth-order valence-corrected chi connectivity index (χ4v) is 3.95. The lowest BCUT2D eigenvalue weighted by Crippen LogP contribution is -2.38.